The van der Waals surface area contributed by atoms with Crippen molar-refractivity contribution in [3.05, 3.63) is 65.2 Å². The van der Waals surface area contributed by atoms with Gasteiger partial charge in [0.15, 0.2) is 5.54 Å². The number of ether oxygens (including phenoxy) is 3. The molecule has 2 aromatic rings. The monoisotopic (exact) mass is 616 g/mol. The van der Waals surface area contributed by atoms with E-state index in [9.17, 15) is 22.8 Å². The second-order valence-electron chi connectivity index (χ2n) is 12.7. The molecule has 9 nitrogen and oxygen atoms in total. The number of benzene rings is 2. The van der Waals surface area contributed by atoms with Gasteiger partial charge in [0.25, 0.3) is 0 Å². The minimum Gasteiger partial charge on any atom is -0.443 e. The third-order valence-corrected chi connectivity index (χ3v) is 6.63. The molecule has 0 aromatic heterocycles. The summed E-state index contributed by atoms with van der Waals surface area (Å²) in [6.07, 6.45) is -4.58. The molecule has 1 atom stereocenters. The average molecular weight is 617 g/mol. The lowest BCUT2D eigenvalue weighted by Gasteiger charge is -2.34. The van der Waals surface area contributed by atoms with Gasteiger partial charge in [-0.2, -0.15) is 0 Å². The quantitative estimate of drug-likeness (QED) is 0.347. The summed E-state index contributed by atoms with van der Waals surface area (Å²) in [7, 11) is 0. The maximum atomic E-state index is 13.7. The number of nitrogens with zero attached hydrogens (tertiary/aromatic N) is 4. The number of carbonyl (C=O) groups is 2. The zero-order chi connectivity index (χ0) is 32.5. The number of carbonyl (C=O) groups excluding carboxylic acids is 2. The van der Waals surface area contributed by atoms with Crippen LogP contribution < -0.4 is 4.74 Å². The van der Waals surface area contributed by atoms with Crippen molar-refractivity contribution in [3.8, 4) is 5.75 Å². The molecule has 4 rings (SSSR count). The summed E-state index contributed by atoms with van der Waals surface area (Å²) in [5.41, 5.74) is -1.16. The van der Waals surface area contributed by atoms with E-state index in [0.717, 1.165) is 23.3 Å². The van der Waals surface area contributed by atoms with Crippen LogP contribution in [0.5, 0.6) is 5.75 Å². The van der Waals surface area contributed by atoms with Crippen molar-refractivity contribution >= 4 is 24.0 Å². The number of amides is 2. The predicted molar refractivity (Wildman–Crippen MR) is 160 cm³/mol. The Morgan fingerprint density at radius 3 is 2.09 bits per heavy atom. The van der Waals surface area contributed by atoms with Crippen molar-refractivity contribution in [1.82, 2.24) is 9.80 Å². The first-order valence-electron chi connectivity index (χ1n) is 14.6. The van der Waals surface area contributed by atoms with E-state index in [4.69, 9.17) is 19.5 Å². The van der Waals surface area contributed by atoms with Crippen LogP contribution in [0.1, 0.15) is 78.0 Å². The van der Waals surface area contributed by atoms with Gasteiger partial charge in [-0.3, -0.25) is 9.89 Å². The van der Waals surface area contributed by atoms with Gasteiger partial charge < -0.3 is 14.2 Å². The highest BCUT2D eigenvalue weighted by atomic mass is 19.4. The van der Waals surface area contributed by atoms with Crippen LogP contribution in [0.25, 0.3) is 0 Å². The Kier molecular flexibility index (Phi) is 9.04. The number of halogens is 3. The molecule has 2 aliphatic rings. The highest BCUT2D eigenvalue weighted by molar-refractivity contribution is 6.19. The summed E-state index contributed by atoms with van der Waals surface area (Å²) in [6, 6.07) is 13.1. The number of fused-ring (bicyclic) bond motifs is 1. The van der Waals surface area contributed by atoms with Crippen LogP contribution in [-0.2, 0) is 21.4 Å². The molecule has 2 heterocycles. The molecule has 0 saturated carbocycles. The molecule has 2 aliphatic heterocycles. The van der Waals surface area contributed by atoms with Crippen LogP contribution in [0.3, 0.4) is 0 Å². The molecular formula is C32H39F3N4O5. The lowest BCUT2D eigenvalue weighted by atomic mass is 9.81. The second kappa shape index (κ2) is 12.1. The summed E-state index contributed by atoms with van der Waals surface area (Å²) in [5, 5.41) is 0. The Bertz CT molecular complexity index is 1410. The van der Waals surface area contributed by atoms with Crippen molar-refractivity contribution in [1.29, 1.82) is 0 Å². The van der Waals surface area contributed by atoms with Crippen molar-refractivity contribution in [3.63, 3.8) is 0 Å². The Balaban J connectivity index is 1.99. The van der Waals surface area contributed by atoms with E-state index >= 15 is 0 Å². The van der Waals surface area contributed by atoms with Gasteiger partial charge in [0.2, 0.25) is 5.96 Å². The van der Waals surface area contributed by atoms with E-state index in [1.165, 1.54) is 24.3 Å². The number of aryl methyl sites for hydroxylation is 1. The Morgan fingerprint density at radius 2 is 1.55 bits per heavy atom. The predicted octanol–water partition coefficient (Wildman–Crippen LogP) is 7.43. The molecular weight excluding hydrogens is 577 g/mol. The van der Waals surface area contributed by atoms with Gasteiger partial charge in [-0.25, -0.2) is 14.6 Å². The van der Waals surface area contributed by atoms with Crippen LogP contribution in [0.4, 0.5) is 22.8 Å². The van der Waals surface area contributed by atoms with E-state index < -0.39 is 41.0 Å². The van der Waals surface area contributed by atoms with Gasteiger partial charge in [0, 0.05) is 13.1 Å². The minimum atomic E-state index is -4.86. The Labute approximate surface area is 255 Å². The molecule has 0 fully saturated rings. The summed E-state index contributed by atoms with van der Waals surface area (Å²) in [4.78, 5) is 39.7. The van der Waals surface area contributed by atoms with Crippen LogP contribution in [0.2, 0.25) is 0 Å². The third-order valence-electron chi connectivity index (χ3n) is 6.63. The van der Waals surface area contributed by atoms with Gasteiger partial charge >= 0.3 is 18.5 Å². The first-order chi connectivity index (χ1) is 20.4. The summed E-state index contributed by atoms with van der Waals surface area (Å²) >= 11 is 0. The maximum absolute atomic E-state index is 13.7. The number of hydrogen-bond acceptors (Lipinski definition) is 8. The van der Waals surface area contributed by atoms with Gasteiger partial charge in [0.1, 0.15) is 22.8 Å². The van der Waals surface area contributed by atoms with Gasteiger partial charge in [-0.15, -0.1) is 18.1 Å². The van der Waals surface area contributed by atoms with Crippen LogP contribution in [-0.4, -0.2) is 64.4 Å². The molecule has 0 aliphatic carbocycles. The van der Waals surface area contributed by atoms with E-state index in [1.807, 2.05) is 24.3 Å². The smallest absolute Gasteiger partial charge is 0.443 e. The molecule has 0 radical (unpaired) electrons. The third kappa shape index (κ3) is 7.34. The largest absolute Gasteiger partial charge is 0.573 e. The highest BCUT2D eigenvalue weighted by Crippen LogP contribution is 2.44. The minimum absolute atomic E-state index is 0.0523. The van der Waals surface area contributed by atoms with Crippen LogP contribution in [0.15, 0.2) is 58.5 Å². The van der Waals surface area contributed by atoms with Gasteiger partial charge in [-0.1, -0.05) is 49.7 Å². The lowest BCUT2D eigenvalue weighted by Crippen LogP contribution is -2.54. The average Bonchev–Trinajstić information content (AvgIpc) is 3.22. The molecule has 238 valence electrons. The Morgan fingerprint density at radius 1 is 0.932 bits per heavy atom. The van der Waals surface area contributed by atoms with Crippen molar-refractivity contribution in [2.24, 2.45) is 9.98 Å². The van der Waals surface area contributed by atoms with Crippen molar-refractivity contribution in [2.75, 3.05) is 13.1 Å². The zero-order valence-corrected chi connectivity index (χ0v) is 26.1. The molecule has 2 amide bonds. The molecule has 44 heavy (non-hydrogen) atoms. The summed E-state index contributed by atoms with van der Waals surface area (Å²) < 4.78 is 54.4. The summed E-state index contributed by atoms with van der Waals surface area (Å²) in [5.74, 6) is -0.0256. The number of rotatable bonds is 5. The summed E-state index contributed by atoms with van der Waals surface area (Å²) in [6.45, 7) is 12.9. The van der Waals surface area contributed by atoms with Gasteiger partial charge in [-0.05, 0) is 83.2 Å². The fourth-order valence-electron chi connectivity index (χ4n) is 5.09. The standard InChI is InChI=1S/C32H39F3N4O5/c1-8-11-21-12-9-13-23(20-21)31(22-14-16-24(17-15-22)42-32(33,34)35)25-36-18-10-19-38(25)26(37-31)39(27(40)43-29(2,3)4)28(41)44-30(5,6)7/h9,12-17,20H,8,10-11,18-19H2,1-7H3. The topological polar surface area (TPSA) is 93.0 Å². The first kappa shape index (κ1) is 32.8. The molecule has 0 bridgehead atoms. The highest BCUT2D eigenvalue weighted by Gasteiger charge is 2.53. The number of imide groups is 1. The molecule has 2 aromatic carbocycles. The lowest BCUT2D eigenvalue weighted by molar-refractivity contribution is -0.274. The normalized spacial score (nSPS) is 18.6. The van der Waals surface area contributed by atoms with Crippen molar-refractivity contribution in [2.45, 2.75) is 90.8 Å². The van der Waals surface area contributed by atoms with Gasteiger partial charge in [0.05, 0.1) is 0 Å². The number of aliphatic imine (C=N–C) groups is 2. The number of hydrogen-bond donors (Lipinski definition) is 0. The molecule has 0 saturated heterocycles. The fraction of sp³-hybridized carbons (Fsp3) is 0.500. The molecule has 0 N–H and O–H groups in total. The SMILES string of the molecule is CCCc1cccc(C2(c3ccc(OC(F)(F)F)cc3)N=C(N(C(=O)OC(C)(C)C)C(=O)OC(C)(C)C)N3CCCN=C32)c1. The molecule has 12 heteroatoms. The molecule has 0 spiro atoms. The van der Waals surface area contributed by atoms with E-state index in [2.05, 4.69) is 11.7 Å². The van der Waals surface area contributed by atoms with E-state index in [1.54, 1.807) is 46.4 Å². The fourth-order valence-corrected chi connectivity index (χ4v) is 5.09. The zero-order valence-electron chi connectivity index (χ0n) is 26.1. The number of alkyl halides is 3. The van der Waals surface area contributed by atoms with E-state index in [0.29, 0.717) is 36.5 Å². The first-order valence-corrected chi connectivity index (χ1v) is 14.6. The number of amidine groups is 1. The van der Waals surface area contributed by atoms with Crippen LogP contribution >= 0.6 is 0 Å². The second-order valence-corrected chi connectivity index (χ2v) is 12.7. The number of guanidine groups is 1. The van der Waals surface area contributed by atoms with Crippen molar-refractivity contribution < 1.29 is 37.0 Å². The van der Waals surface area contributed by atoms with E-state index in [-0.39, 0.29) is 5.96 Å². The molecule has 1 unspecified atom stereocenters. The van der Waals surface area contributed by atoms with Crippen LogP contribution in [0, 0.1) is 0 Å². The maximum Gasteiger partial charge on any atom is 0.573 e. The Hall–Kier alpha value is -4.09.